The van der Waals surface area contributed by atoms with Crippen LogP contribution in [0.5, 0.6) is 0 Å². The number of benzene rings is 1. The molecular formula is C17H19Cl2NO3. The molecule has 1 aromatic rings. The van der Waals surface area contributed by atoms with Gasteiger partial charge in [-0.05, 0) is 37.3 Å². The summed E-state index contributed by atoms with van der Waals surface area (Å²) in [5.41, 5.74) is 1.50. The van der Waals surface area contributed by atoms with E-state index in [1.54, 1.807) is 6.92 Å². The summed E-state index contributed by atoms with van der Waals surface area (Å²) in [6.07, 6.45) is 3.30. The third-order valence-electron chi connectivity index (χ3n) is 4.75. The summed E-state index contributed by atoms with van der Waals surface area (Å²) in [5, 5.41) is 2.94. The van der Waals surface area contributed by atoms with Gasteiger partial charge in [0.15, 0.2) is 6.61 Å². The molecule has 1 fully saturated rings. The number of alkyl halides is 2. The molecule has 0 aliphatic heterocycles. The lowest BCUT2D eigenvalue weighted by Gasteiger charge is -2.26. The van der Waals surface area contributed by atoms with E-state index in [9.17, 15) is 9.59 Å². The first kappa shape index (κ1) is 16.6. The highest BCUT2D eigenvalue weighted by Gasteiger charge is 2.69. The number of fused-ring (bicyclic) bond motifs is 1. The Hall–Kier alpha value is -1.26. The fraction of sp³-hybridized carbons (Fsp3) is 0.529. The van der Waals surface area contributed by atoms with Crippen molar-refractivity contribution in [3.63, 3.8) is 0 Å². The first-order valence-corrected chi connectivity index (χ1v) is 8.51. The molecule has 0 radical (unpaired) electrons. The minimum absolute atomic E-state index is 0.0252. The van der Waals surface area contributed by atoms with Crippen molar-refractivity contribution in [1.82, 2.24) is 5.32 Å². The van der Waals surface area contributed by atoms with Crippen LogP contribution in [0.2, 0.25) is 0 Å². The van der Waals surface area contributed by atoms with E-state index in [0.717, 1.165) is 24.8 Å². The van der Waals surface area contributed by atoms with Crippen molar-refractivity contribution in [2.75, 3.05) is 6.61 Å². The molecule has 1 amide bonds. The quantitative estimate of drug-likeness (QED) is 0.665. The fourth-order valence-electron chi connectivity index (χ4n) is 3.05. The largest absolute Gasteiger partial charge is 0.455 e. The van der Waals surface area contributed by atoms with Crippen molar-refractivity contribution < 1.29 is 14.3 Å². The lowest BCUT2D eigenvalue weighted by molar-refractivity contribution is -0.153. The van der Waals surface area contributed by atoms with Gasteiger partial charge in [0.25, 0.3) is 5.91 Å². The van der Waals surface area contributed by atoms with Crippen LogP contribution >= 0.6 is 23.2 Å². The molecule has 0 aromatic heterocycles. The van der Waals surface area contributed by atoms with Crippen LogP contribution in [0.1, 0.15) is 43.4 Å². The van der Waals surface area contributed by atoms with Crippen molar-refractivity contribution in [2.45, 2.75) is 43.0 Å². The van der Waals surface area contributed by atoms with Crippen molar-refractivity contribution >= 4 is 35.1 Å². The van der Waals surface area contributed by atoms with Gasteiger partial charge in [-0.2, -0.15) is 0 Å². The Bertz CT molecular complexity index is 646. The number of carbonyl (C=O) groups excluding carboxylic acids is 2. The molecule has 2 aliphatic carbocycles. The highest BCUT2D eigenvalue weighted by molar-refractivity contribution is 6.53. The van der Waals surface area contributed by atoms with Gasteiger partial charge in [-0.3, -0.25) is 9.59 Å². The smallest absolute Gasteiger partial charge is 0.315 e. The van der Waals surface area contributed by atoms with E-state index in [1.165, 1.54) is 5.56 Å². The van der Waals surface area contributed by atoms with Gasteiger partial charge in [0.05, 0.1) is 6.04 Å². The summed E-state index contributed by atoms with van der Waals surface area (Å²) >= 11 is 11.9. The van der Waals surface area contributed by atoms with Crippen molar-refractivity contribution in [3.05, 3.63) is 35.4 Å². The third kappa shape index (κ3) is 3.20. The molecule has 0 bridgehead atoms. The topological polar surface area (TPSA) is 55.4 Å². The number of rotatable bonds is 4. The number of hydrogen-bond acceptors (Lipinski definition) is 3. The Morgan fingerprint density at radius 1 is 1.35 bits per heavy atom. The highest BCUT2D eigenvalue weighted by atomic mass is 35.5. The first-order valence-electron chi connectivity index (χ1n) is 7.76. The molecule has 1 N–H and O–H groups in total. The van der Waals surface area contributed by atoms with E-state index in [4.69, 9.17) is 27.9 Å². The van der Waals surface area contributed by atoms with Crippen LogP contribution in [-0.2, 0) is 20.7 Å². The SMILES string of the molecule is C[C@@]1(C(=O)OCC(=O)N[C@@H]2CCCc3ccccc32)CC1(Cl)Cl. The third-order valence-corrected chi connectivity index (χ3v) is 5.85. The Labute approximate surface area is 145 Å². The van der Waals surface area contributed by atoms with Crippen LogP contribution in [0.25, 0.3) is 0 Å². The maximum absolute atomic E-state index is 12.1. The lowest BCUT2D eigenvalue weighted by Crippen LogP contribution is -2.35. The number of hydrogen-bond donors (Lipinski definition) is 1. The van der Waals surface area contributed by atoms with Gasteiger partial charge in [-0.25, -0.2) is 0 Å². The van der Waals surface area contributed by atoms with Gasteiger partial charge in [0.2, 0.25) is 0 Å². The van der Waals surface area contributed by atoms with E-state index in [1.807, 2.05) is 18.2 Å². The van der Waals surface area contributed by atoms with Crippen LogP contribution in [0.3, 0.4) is 0 Å². The maximum atomic E-state index is 12.1. The summed E-state index contributed by atoms with van der Waals surface area (Å²) in [4.78, 5) is 24.0. The zero-order chi connectivity index (χ0) is 16.7. The molecule has 3 rings (SSSR count). The molecule has 0 unspecified atom stereocenters. The summed E-state index contributed by atoms with van der Waals surface area (Å²) in [5.74, 6) is -0.833. The molecule has 2 atom stereocenters. The van der Waals surface area contributed by atoms with Crippen LogP contribution in [0, 0.1) is 5.41 Å². The molecule has 2 aliphatic rings. The Morgan fingerprint density at radius 2 is 2.04 bits per heavy atom. The first-order chi connectivity index (χ1) is 10.8. The lowest BCUT2D eigenvalue weighted by atomic mass is 9.88. The van der Waals surface area contributed by atoms with Crippen molar-refractivity contribution in [1.29, 1.82) is 0 Å². The van der Waals surface area contributed by atoms with Crippen molar-refractivity contribution in [3.8, 4) is 0 Å². The van der Waals surface area contributed by atoms with Crippen molar-refractivity contribution in [2.24, 2.45) is 5.41 Å². The fourth-order valence-corrected chi connectivity index (χ4v) is 3.74. The Kier molecular flexibility index (Phi) is 4.32. The minimum Gasteiger partial charge on any atom is -0.455 e. The molecule has 1 saturated carbocycles. The molecular weight excluding hydrogens is 337 g/mol. The second kappa shape index (κ2) is 5.99. The summed E-state index contributed by atoms with van der Waals surface area (Å²) < 4.78 is 4.00. The number of carbonyl (C=O) groups is 2. The van der Waals surface area contributed by atoms with Crippen LogP contribution in [0.15, 0.2) is 24.3 Å². The Morgan fingerprint density at radius 3 is 2.74 bits per heavy atom. The average Bonchev–Trinajstić information content (AvgIpc) is 3.05. The van der Waals surface area contributed by atoms with Gasteiger partial charge in [-0.15, -0.1) is 23.2 Å². The average molecular weight is 356 g/mol. The van der Waals surface area contributed by atoms with Crippen LogP contribution in [-0.4, -0.2) is 22.8 Å². The standard InChI is InChI=1S/C17H19Cl2NO3/c1-16(10-17(16,18)19)15(22)23-9-14(21)20-13-8-4-6-11-5-2-3-7-12(11)13/h2-3,5,7,13H,4,6,8-10H2,1H3,(H,20,21)/t13-,16+/m1/s1. The number of halogens is 2. The molecule has 124 valence electrons. The second-order valence-electron chi connectivity index (χ2n) is 6.50. The maximum Gasteiger partial charge on any atom is 0.315 e. The molecule has 0 spiro atoms. The zero-order valence-corrected chi connectivity index (χ0v) is 14.4. The van der Waals surface area contributed by atoms with E-state index >= 15 is 0 Å². The predicted octanol–water partition coefficient (Wildman–Crippen LogP) is 3.31. The number of esters is 1. The normalized spacial score (nSPS) is 27.7. The summed E-state index contributed by atoms with van der Waals surface area (Å²) in [7, 11) is 0. The zero-order valence-electron chi connectivity index (χ0n) is 12.9. The molecule has 1 aromatic carbocycles. The molecule has 0 saturated heterocycles. The van der Waals surface area contributed by atoms with Crippen LogP contribution < -0.4 is 5.32 Å². The predicted molar refractivity (Wildman–Crippen MR) is 88.4 cm³/mol. The molecule has 0 heterocycles. The number of ether oxygens (including phenoxy) is 1. The summed E-state index contributed by atoms with van der Waals surface area (Å²) in [6.45, 7) is 1.33. The second-order valence-corrected chi connectivity index (χ2v) is 7.98. The highest BCUT2D eigenvalue weighted by Crippen LogP contribution is 2.64. The molecule has 6 heteroatoms. The number of aryl methyl sites for hydroxylation is 1. The van der Waals surface area contributed by atoms with Crippen LogP contribution in [0.4, 0.5) is 0 Å². The summed E-state index contributed by atoms with van der Waals surface area (Å²) in [6, 6.07) is 8.07. The van der Waals surface area contributed by atoms with E-state index in [0.29, 0.717) is 6.42 Å². The van der Waals surface area contributed by atoms with E-state index in [-0.39, 0.29) is 18.6 Å². The number of amides is 1. The molecule has 23 heavy (non-hydrogen) atoms. The van der Waals surface area contributed by atoms with Gasteiger partial charge < -0.3 is 10.1 Å². The van der Waals surface area contributed by atoms with Gasteiger partial charge in [0.1, 0.15) is 9.75 Å². The van der Waals surface area contributed by atoms with Gasteiger partial charge in [0, 0.05) is 6.42 Å². The molecule has 4 nitrogen and oxygen atoms in total. The van der Waals surface area contributed by atoms with Gasteiger partial charge >= 0.3 is 5.97 Å². The monoisotopic (exact) mass is 355 g/mol. The van der Waals surface area contributed by atoms with E-state index in [2.05, 4.69) is 11.4 Å². The van der Waals surface area contributed by atoms with E-state index < -0.39 is 15.7 Å². The van der Waals surface area contributed by atoms with Gasteiger partial charge in [-0.1, -0.05) is 24.3 Å². The minimum atomic E-state index is -1.08. The number of nitrogens with one attached hydrogen (secondary N) is 1. The Balaban J connectivity index is 1.54.